The third-order valence-corrected chi connectivity index (χ3v) is 5.46. The number of hydrogen-bond acceptors (Lipinski definition) is 4. The molecule has 0 unspecified atom stereocenters. The molecule has 0 amide bonds. The SMILES string of the molecule is CCCCCCCCc1ccc(-c2ccc(OCCCOC[C@@H](C)CC)cc2)nn1. The molecule has 2 aromatic rings. The van der Waals surface area contributed by atoms with Gasteiger partial charge in [0.25, 0.3) is 0 Å². The average molecular weight is 413 g/mol. The quantitative estimate of drug-likeness (QED) is 0.282. The van der Waals surface area contributed by atoms with Crippen molar-refractivity contribution in [3.8, 4) is 17.0 Å². The standard InChI is InChI=1S/C26H40N2O2/c1-4-6-7-8-9-10-12-24-15-18-26(28-27-24)23-13-16-25(17-14-23)30-20-11-19-29-21-22(3)5-2/h13-18,22H,4-12,19-21H2,1-3H3/t22-/m0/s1. The van der Waals surface area contributed by atoms with Crippen LogP contribution in [0.2, 0.25) is 0 Å². The van der Waals surface area contributed by atoms with Crippen molar-refractivity contribution >= 4 is 0 Å². The van der Waals surface area contributed by atoms with E-state index in [1.807, 2.05) is 24.3 Å². The average Bonchev–Trinajstić information content (AvgIpc) is 2.79. The van der Waals surface area contributed by atoms with Gasteiger partial charge in [-0.2, -0.15) is 10.2 Å². The van der Waals surface area contributed by atoms with Gasteiger partial charge in [0.1, 0.15) is 5.75 Å². The Kier molecular flexibility index (Phi) is 12.1. The van der Waals surface area contributed by atoms with Crippen molar-refractivity contribution in [2.45, 2.75) is 78.6 Å². The number of ether oxygens (including phenoxy) is 2. The largest absolute Gasteiger partial charge is 0.494 e. The molecule has 0 N–H and O–H groups in total. The van der Waals surface area contributed by atoms with E-state index in [1.54, 1.807) is 0 Å². The topological polar surface area (TPSA) is 44.2 Å². The van der Waals surface area contributed by atoms with Crippen molar-refractivity contribution in [2.24, 2.45) is 5.92 Å². The monoisotopic (exact) mass is 412 g/mol. The lowest BCUT2D eigenvalue weighted by atomic mass is 10.1. The summed E-state index contributed by atoms with van der Waals surface area (Å²) >= 11 is 0. The molecule has 1 aromatic carbocycles. The Morgan fingerprint density at radius 2 is 1.57 bits per heavy atom. The van der Waals surface area contributed by atoms with Crippen LogP contribution in [0.3, 0.4) is 0 Å². The molecule has 0 aliphatic carbocycles. The van der Waals surface area contributed by atoms with Crippen LogP contribution in [0.4, 0.5) is 0 Å². The third-order valence-electron chi connectivity index (χ3n) is 5.46. The molecule has 166 valence electrons. The molecule has 1 atom stereocenters. The Balaban J connectivity index is 1.67. The minimum atomic E-state index is 0.631. The lowest BCUT2D eigenvalue weighted by Gasteiger charge is -2.10. The van der Waals surface area contributed by atoms with E-state index in [4.69, 9.17) is 9.47 Å². The van der Waals surface area contributed by atoms with E-state index in [2.05, 4.69) is 43.1 Å². The number of aromatic nitrogens is 2. The molecule has 0 aliphatic rings. The van der Waals surface area contributed by atoms with E-state index in [-0.39, 0.29) is 0 Å². The molecule has 1 aromatic heterocycles. The smallest absolute Gasteiger partial charge is 0.119 e. The first-order valence-electron chi connectivity index (χ1n) is 11.9. The molecular weight excluding hydrogens is 372 g/mol. The molecule has 0 spiro atoms. The van der Waals surface area contributed by atoms with Crippen LogP contribution in [0.1, 0.15) is 77.8 Å². The van der Waals surface area contributed by atoms with Gasteiger partial charge >= 0.3 is 0 Å². The van der Waals surface area contributed by atoms with Gasteiger partial charge in [0.15, 0.2) is 0 Å². The second kappa shape index (κ2) is 15.0. The molecule has 30 heavy (non-hydrogen) atoms. The van der Waals surface area contributed by atoms with E-state index >= 15 is 0 Å². The Morgan fingerprint density at radius 3 is 2.27 bits per heavy atom. The van der Waals surface area contributed by atoms with Crippen molar-refractivity contribution in [3.05, 3.63) is 42.1 Å². The summed E-state index contributed by atoms with van der Waals surface area (Å²) in [6.45, 7) is 8.92. The number of unbranched alkanes of at least 4 members (excludes halogenated alkanes) is 5. The van der Waals surface area contributed by atoms with E-state index in [0.29, 0.717) is 12.5 Å². The lowest BCUT2D eigenvalue weighted by molar-refractivity contribution is 0.0926. The summed E-state index contributed by atoms with van der Waals surface area (Å²) in [5.41, 5.74) is 3.06. The number of nitrogens with zero attached hydrogens (tertiary/aromatic N) is 2. The van der Waals surface area contributed by atoms with Gasteiger partial charge in [0.2, 0.25) is 0 Å². The molecule has 0 bridgehead atoms. The first-order valence-corrected chi connectivity index (χ1v) is 11.9. The Morgan fingerprint density at radius 1 is 0.800 bits per heavy atom. The Bertz CT molecular complexity index is 670. The van der Waals surface area contributed by atoms with Crippen LogP contribution in [-0.2, 0) is 11.2 Å². The fourth-order valence-electron chi connectivity index (χ4n) is 3.21. The Labute approximate surface area is 183 Å². The highest BCUT2D eigenvalue weighted by molar-refractivity contribution is 5.59. The molecule has 4 heteroatoms. The summed E-state index contributed by atoms with van der Waals surface area (Å²) in [6.07, 6.45) is 10.9. The summed E-state index contributed by atoms with van der Waals surface area (Å²) in [5.74, 6) is 1.51. The zero-order chi connectivity index (χ0) is 21.4. The Hall–Kier alpha value is -1.94. The maximum atomic E-state index is 5.81. The van der Waals surface area contributed by atoms with E-state index < -0.39 is 0 Å². The highest BCUT2D eigenvalue weighted by Crippen LogP contribution is 2.21. The van der Waals surface area contributed by atoms with Gasteiger partial charge < -0.3 is 9.47 Å². The number of rotatable bonds is 16. The van der Waals surface area contributed by atoms with E-state index in [9.17, 15) is 0 Å². The van der Waals surface area contributed by atoms with Gasteiger partial charge in [-0.25, -0.2) is 0 Å². The van der Waals surface area contributed by atoms with Crippen molar-refractivity contribution in [2.75, 3.05) is 19.8 Å². The summed E-state index contributed by atoms with van der Waals surface area (Å²) in [4.78, 5) is 0. The first kappa shape index (κ1) is 24.3. The molecular formula is C26H40N2O2. The van der Waals surface area contributed by atoms with E-state index in [0.717, 1.165) is 55.2 Å². The van der Waals surface area contributed by atoms with Crippen molar-refractivity contribution in [1.29, 1.82) is 0 Å². The predicted octanol–water partition coefficient (Wildman–Crippen LogP) is 6.88. The van der Waals surface area contributed by atoms with Gasteiger partial charge in [-0.1, -0.05) is 59.3 Å². The van der Waals surface area contributed by atoms with Gasteiger partial charge in [-0.05, 0) is 55.2 Å². The molecule has 4 nitrogen and oxygen atoms in total. The molecule has 0 saturated carbocycles. The second-order valence-corrected chi connectivity index (χ2v) is 8.24. The van der Waals surface area contributed by atoms with Crippen molar-refractivity contribution < 1.29 is 9.47 Å². The zero-order valence-electron chi connectivity index (χ0n) is 19.2. The number of benzene rings is 1. The highest BCUT2D eigenvalue weighted by atomic mass is 16.5. The molecule has 0 aliphatic heterocycles. The molecule has 0 saturated heterocycles. The normalized spacial score (nSPS) is 12.1. The number of aryl methyl sites for hydroxylation is 1. The fourth-order valence-corrected chi connectivity index (χ4v) is 3.21. The molecule has 0 fully saturated rings. The maximum absolute atomic E-state index is 5.81. The third kappa shape index (κ3) is 9.71. The van der Waals surface area contributed by atoms with Crippen molar-refractivity contribution in [1.82, 2.24) is 10.2 Å². The van der Waals surface area contributed by atoms with Gasteiger partial charge in [0.05, 0.1) is 18.0 Å². The second-order valence-electron chi connectivity index (χ2n) is 8.24. The van der Waals surface area contributed by atoms with Crippen LogP contribution >= 0.6 is 0 Å². The number of hydrogen-bond donors (Lipinski definition) is 0. The maximum Gasteiger partial charge on any atom is 0.119 e. The predicted molar refractivity (Wildman–Crippen MR) is 125 cm³/mol. The summed E-state index contributed by atoms with van der Waals surface area (Å²) in [6, 6.07) is 12.3. The van der Waals surface area contributed by atoms with Gasteiger partial charge in [-0.15, -0.1) is 0 Å². The zero-order valence-corrected chi connectivity index (χ0v) is 19.2. The molecule has 1 heterocycles. The van der Waals surface area contributed by atoms with Crippen molar-refractivity contribution in [3.63, 3.8) is 0 Å². The van der Waals surface area contributed by atoms with Crippen LogP contribution in [0.25, 0.3) is 11.3 Å². The van der Waals surface area contributed by atoms with Crippen LogP contribution in [-0.4, -0.2) is 30.0 Å². The van der Waals surface area contributed by atoms with Crippen LogP contribution in [0.5, 0.6) is 5.75 Å². The van der Waals surface area contributed by atoms with Crippen LogP contribution in [0.15, 0.2) is 36.4 Å². The van der Waals surface area contributed by atoms with Crippen LogP contribution < -0.4 is 4.74 Å². The first-order chi connectivity index (χ1) is 14.7. The summed E-state index contributed by atoms with van der Waals surface area (Å²) in [7, 11) is 0. The molecule has 0 radical (unpaired) electrons. The minimum Gasteiger partial charge on any atom is -0.494 e. The minimum absolute atomic E-state index is 0.631. The highest BCUT2D eigenvalue weighted by Gasteiger charge is 2.03. The van der Waals surface area contributed by atoms with Gasteiger partial charge in [-0.3, -0.25) is 0 Å². The van der Waals surface area contributed by atoms with E-state index in [1.165, 1.54) is 38.5 Å². The lowest BCUT2D eigenvalue weighted by Crippen LogP contribution is -2.08. The fraction of sp³-hybridized carbons (Fsp3) is 0.615. The molecule has 2 rings (SSSR count). The summed E-state index contributed by atoms with van der Waals surface area (Å²) in [5, 5.41) is 8.83. The van der Waals surface area contributed by atoms with Gasteiger partial charge in [0, 0.05) is 25.2 Å². The summed E-state index contributed by atoms with van der Waals surface area (Å²) < 4.78 is 11.5. The van der Waals surface area contributed by atoms with Crippen LogP contribution in [0, 0.1) is 5.92 Å².